The largest absolute Gasteiger partial charge is 0.451 e. The van der Waals surface area contributed by atoms with E-state index in [0.29, 0.717) is 23.6 Å². The van der Waals surface area contributed by atoms with Crippen molar-refractivity contribution in [1.29, 1.82) is 0 Å². The number of amides is 1. The van der Waals surface area contributed by atoms with Crippen molar-refractivity contribution in [2.24, 2.45) is 0 Å². The van der Waals surface area contributed by atoms with Gasteiger partial charge in [0.2, 0.25) is 0 Å². The smallest absolute Gasteiger partial charge is 0.287 e. The Morgan fingerprint density at radius 1 is 1.42 bits per heavy atom. The van der Waals surface area contributed by atoms with Crippen LogP contribution in [0.15, 0.2) is 28.7 Å². The minimum Gasteiger partial charge on any atom is -0.451 e. The maximum Gasteiger partial charge on any atom is 0.287 e. The zero-order valence-corrected chi connectivity index (χ0v) is 10.7. The van der Waals surface area contributed by atoms with Crippen molar-refractivity contribution < 1.29 is 13.9 Å². The van der Waals surface area contributed by atoms with E-state index in [1.807, 2.05) is 6.92 Å². The van der Waals surface area contributed by atoms with Crippen LogP contribution in [0.5, 0.6) is 0 Å². The predicted octanol–water partition coefficient (Wildman–Crippen LogP) is 1.92. The Hall–Kier alpha value is -2.01. The number of carbonyl (C=O) groups excluding carboxylic acids is 1. The molecule has 0 saturated carbocycles. The molecule has 5 nitrogen and oxygen atoms in total. The van der Waals surface area contributed by atoms with Crippen LogP contribution >= 0.6 is 0 Å². The van der Waals surface area contributed by atoms with Crippen LogP contribution in [0.25, 0.3) is 11.0 Å². The van der Waals surface area contributed by atoms with Gasteiger partial charge in [0.15, 0.2) is 5.76 Å². The molecule has 0 spiro atoms. The van der Waals surface area contributed by atoms with E-state index in [-0.39, 0.29) is 18.1 Å². The summed E-state index contributed by atoms with van der Waals surface area (Å²) in [5.74, 6) is 0.0943. The number of ether oxygens (including phenoxy) is 1. The molecule has 0 bridgehead atoms. The van der Waals surface area contributed by atoms with Crippen molar-refractivity contribution in [1.82, 2.24) is 5.32 Å². The lowest BCUT2D eigenvalue weighted by molar-refractivity contribution is 0.0844. The summed E-state index contributed by atoms with van der Waals surface area (Å²) < 4.78 is 10.9. The van der Waals surface area contributed by atoms with E-state index in [1.165, 1.54) is 0 Å². The first kappa shape index (κ1) is 12.0. The zero-order chi connectivity index (χ0) is 13.4. The van der Waals surface area contributed by atoms with Gasteiger partial charge in [0, 0.05) is 17.7 Å². The van der Waals surface area contributed by atoms with Gasteiger partial charge in [-0.3, -0.25) is 4.79 Å². The topological polar surface area (TPSA) is 77.5 Å². The van der Waals surface area contributed by atoms with Gasteiger partial charge in [-0.15, -0.1) is 0 Å². The average Bonchev–Trinajstić information content (AvgIpc) is 2.96. The first-order chi connectivity index (χ1) is 9.13. The highest BCUT2D eigenvalue weighted by Crippen LogP contribution is 2.22. The fourth-order valence-electron chi connectivity index (χ4n) is 2.33. The van der Waals surface area contributed by atoms with Crippen LogP contribution in [0.2, 0.25) is 0 Å². The van der Waals surface area contributed by atoms with Crippen molar-refractivity contribution in [3.63, 3.8) is 0 Å². The first-order valence-electron chi connectivity index (χ1n) is 6.35. The molecule has 1 aliphatic rings. The van der Waals surface area contributed by atoms with Crippen LogP contribution in [0, 0.1) is 0 Å². The molecule has 3 N–H and O–H groups in total. The van der Waals surface area contributed by atoms with E-state index in [9.17, 15) is 4.79 Å². The maximum atomic E-state index is 12.1. The van der Waals surface area contributed by atoms with E-state index in [2.05, 4.69) is 5.32 Å². The minimum atomic E-state index is -0.211. The highest BCUT2D eigenvalue weighted by molar-refractivity contribution is 5.96. The summed E-state index contributed by atoms with van der Waals surface area (Å²) in [4.78, 5) is 12.1. The molecular formula is C14H16N2O3. The number of hydrogen-bond acceptors (Lipinski definition) is 4. The van der Waals surface area contributed by atoms with Gasteiger partial charge in [0.1, 0.15) is 5.58 Å². The highest BCUT2D eigenvalue weighted by atomic mass is 16.5. The predicted molar refractivity (Wildman–Crippen MR) is 71.9 cm³/mol. The molecular weight excluding hydrogens is 244 g/mol. The molecule has 3 rings (SSSR count). The first-order valence-corrected chi connectivity index (χ1v) is 6.35. The van der Waals surface area contributed by atoms with Crippen molar-refractivity contribution in [3.8, 4) is 0 Å². The fourth-order valence-corrected chi connectivity index (χ4v) is 2.33. The van der Waals surface area contributed by atoms with Gasteiger partial charge in [-0.25, -0.2) is 0 Å². The summed E-state index contributed by atoms with van der Waals surface area (Å²) in [6.45, 7) is 2.64. The van der Waals surface area contributed by atoms with Crippen LogP contribution in [-0.4, -0.2) is 24.7 Å². The molecule has 0 radical (unpaired) electrons. The highest BCUT2D eigenvalue weighted by Gasteiger charge is 2.27. The number of fused-ring (bicyclic) bond motifs is 1. The van der Waals surface area contributed by atoms with Crippen LogP contribution in [0.1, 0.15) is 23.9 Å². The number of benzene rings is 1. The quantitative estimate of drug-likeness (QED) is 0.809. The molecule has 1 fully saturated rings. The molecule has 1 saturated heterocycles. The van der Waals surface area contributed by atoms with Crippen molar-refractivity contribution in [2.75, 3.05) is 12.3 Å². The van der Waals surface area contributed by atoms with Crippen molar-refractivity contribution in [3.05, 3.63) is 30.0 Å². The Bertz CT molecular complexity index is 620. The molecule has 100 valence electrons. The summed E-state index contributed by atoms with van der Waals surface area (Å²) >= 11 is 0. The SMILES string of the molecule is CC1OCCC1NC(=O)c1cc2cc(N)ccc2o1. The zero-order valence-electron chi connectivity index (χ0n) is 10.7. The Balaban J connectivity index is 1.81. The molecule has 1 aromatic heterocycles. The summed E-state index contributed by atoms with van der Waals surface area (Å²) in [5.41, 5.74) is 7.01. The third kappa shape index (κ3) is 2.29. The standard InChI is InChI=1S/C14H16N2O3/c1-8-11(4-5-18-8)16-14(17)13-7-9-6-10(15)2-3-12(9)19-13/h2-3,6-8,11H,4-5,15H2,1H3,(H,16,17). The summed E-state index contributed by atoms with van der Waals surface area (Å²) in [7, 11) is 0. The molecule has 1 aromatic carbocycles. The summed E-state index contributed by atoms with van der Waals surface area (Å²) in [6, 6.07) is 7.06. The second-order valence-corrected chi connectivity index (χ2v) is 4.85. The fraction of sp³-hybridized carbons (Fsp3) is 0.357. The van der Waals surface area contributed by atoms with E-state index in [0.717, 1.165) is 11.8 Å². The van der Waals surface area contributed by atoms with Crippen LogP contribution < -0.4 is 11.1 Å². The second kappa shape index (κ2) is 4.59. The molecule has 2 atom stereocenters. The van der Waals surface area contributed by atoms with Gasteiger partial charge in [-0.05, 0) is 37.6 Å². The normalized spacial score (nSPS) is 22.8. The Morgan fingerprint density at radius 2 is 2.26 bits per heavy atom. The monoisotopic (exact) mass is 260 g/mol. The Labute approximate surface area is 110 Å². The number of furan rings is 1. The molecule has 2 aromatic rings. The maximum absolute atomic E-state index is 12.1. The lowest BCUT2D eigenvalue weighted by Crippen LogP contribution is -2.38. The third-order valence-corrected chi connectivity index (χ3v) is 3.46. The van der Waals surface area contributed by atoms with Crippen LogP contribution in [0.4, 0.5) is 5.69 Å². The molecule has 0 aliphatic carbocycles. The van der Waals surface area contributed by atoms with Gasteiger partial charge in [0.05, 0.1) is 12.1 Å². The summed E-state index contributed by atoms with van der Waals surface area (Å²) in [5, 5.41) is 3.77. The molecule has 19 heavy (non-hydrogen) atoms. The van der Waals surface area contributed by atoms with E-state index in [1.54, 1.807) is 24.3 Å². The number of nitrogens with two attached hydrogens (primary N) is 1. The van der Waals surface area contributed by atoms with Gasteiger partial charge in [-0.1, -0.05) is 0 Å². The number of nitrogen functional groups attached to an aromatic ring is 1. The van der Waals surface area contributed by atoms with Crippen molar-refractivity contribution >= 4 is 22.6 Å². The van der Waals surface area contributed by atoms with E-state index >= 15 is 0 Å². The van der Waals surface area contributed by atoms with E-state index in [4.69, 9.17) is 14.9 Å². The summed E-state index contributed by atoms with van der Waals surface area (Å²) in [6.07, 6.45) is 0.879. The van der Waals surface area contributed by atoms with E-state index < -0.39 is 0 Å². The molecule has 1 aliphatic heterocycles. The van der Waals surface area contributed by atoms with Crippen molar-refractivity contribution in [2.45, 2.75) is 25.5 Å². The van der Waals surface area contributed by atoms with Gasteiger partial charge in [0.25, 0.3) is 5.91 Å². The minimum absolute atomic E-state index is 0.0453. The third-order valence-electron chi connectivity index (χ3n) is 3.46. The molecule has 2 heterocycles. The van der Waals surface area contributed by atoms with Gasteiger partial charge in [-0.2, -0.15) is 0 Å². The number of nitrogens with one attached hydrogen (secondary N) is 1. The van der Waals surface area contributed by atoms with Gasteiger partial charge >= 0.3 is 0 Å². The lowest BCUT2D eigenvalue weighted by Gasteiger charge is -2.14. The Morgan fingerprint density at radius 3 is 3.00 bits per heavy atom. The van der Waals surface area contributed by atoms with Crippen LogP contribution in [0.3, 0.4) is 0 Å². The van der Waals surface area contributed by atoms with Crippen LogP contribution in [-0.2, 0) is 4.74 Å². The second-order valence-electron chi connectivity index (χ2n) is 4.85. The number of anilines is 1. The lowest BCUT2D eigenvalue weighted by atomic mass is 10.1. The molecule has 5 heteroatoms. The van der Waals surface area contributed by atoms with Gasteiger partial charge < -0.3 is 20.2 Å². The Kier molecular flexibility index (Phi) is 2.91. The molecule has 1 amide bonds. The molecule has 2 unspecified atom stereocenters. The number of rotatable bonds is 2. The number of hydrogen-bond donors (Lipinski definition) is 2. The average molecular weight is 260 g/mol. The number of carbonyl (C=O) groups is 1.